The number of hydrogen-bond donors (Lipinski definition) is 3. The highest BCUT2D eigenvalue weighted by Gasteiger charge is 2.39. The third kappa shape index (κ3) is 4.45. The molecule has 1 fully saturated rings. The fraction of sp³-hybridized carbons (Fsp3) is 0.389. The molecule has 0 spiro atoms. The molecule has 1 aromatic carbocycles. The Morgan fingerprint density at radius 2 is 1.96 bits per heavy atom. The summed E-state index contributed by atoms with van der Waals surface area (Å²) in [5, 5.41) is 15.6. The number of carbonyl (C=O) groups is 3. The zero-order chi connectivity index (χ0) is 18.6. The summed E-state index contributed by atoms with van der Waals surface area (Å²) in [6.07, 6.45) is 7.77. The number of nitrogens with zero attached hydrogens (tertiary/aromatic N) is 2. The minimum absolute atomic E-state index is 0.113. The summed E-state index contributed by atoms with van der Waals surface area (Å²) in [6.45, 7) is 0. The molecule has 134 valence electrons. The zero-order valence-corrected chi connectivity index (χ0v) is 14.1. The highest BCUT2D eigenvalue weighted by molar-refractivity contribution is 6.04. The van der Waals surface area contributed by atoms with Crippen molar-refractivity contribution >= 4 is 23.5 Å². The lowest BCUT2D eigenvalue weighted by Gasteiger charge is -2.10. The van der Waals surface area contributed by atoms with Gasteiger partial charge in [-0.3, -0.25) is 14.9 Å². The molecule has 1 saturated heterocycles. The van der Waals surface area contributed by atoms with Crippen LogP contribution in [0.4, 0.5) is 10.5 Å². The maximum atomic E-state index is 12.1. The van der Waals surface area contributed by atoms with Crippen molar-refractivity contribution in [2.75, 3.05) is 5.32 Å². The molecule has 2 aliphatic heterocycles. The number of amides is 4. The second-order valence-electron chi connectivity index (χ2n) is 6.35. The molecule has 3 N–H and O–H groups in total. The number of terminal acetylenes is 1. The number of benzene rings is 1. The molecule has 26 heavy (non-hydrogen) atoms. The SMILES string of the molecule is C#CCCC1(CCC(=O)Nc2ccc(CC3NC(=O)NC3=O)cc2)N=N1. The largest absolute Gasteiger partial charge is 0.326 e. The molecule has 4 amide bonds. The highest BCUT2D eigenvalue weighted by Crippen LogP contribution is 2.37. The van der Waals surface area contributed by atoms with Gasteiger partial charge in [0.1, 0.15) is 6.04 Å². The zero-order valence-electron chi connectivity index (χ0n) is 14.1. The quantitative estimate of drug-likeness (QED) is 0.489. The highest BCUT2D eigenvalue weighted by atomic mass is 16.2. The van der Waals surface area contributed by atoms with E-state index in [1.54, 1.807) is 12.1 Å². The lowest BCUT2D eigenvalue weighted by molar-refractivity contribution is -0.120. The summed E-state index contributed by atoms with van der Waals surface area (Å²) in [7, 11) is 0. The van der Waals surface area contributed by atoms with E-state index in [9.17, 15) is 14.4 Å². The molecule has 0 bridgehead atoms. The van der Waals surface area contributed by atoms with E-state index in [2.05, 4.69) is 32.1 Å². The summed E-state index contributed by atoms with van der Waals surface area (Å²) in [5.41, 5.74) is 1.09. The van der Waals surface area contributed by atoms with Gasteiger partial charge in [0.25, 0.3) is 5.91 Å². The molecule has 3 rings (SSSR count). The van der Waals surface area contributed by atoms with Gasteiger partial charge in [0.2, 0.25) is 5.91 Å². The van der Waals surface area contributed by atoms with Crippen molar-refractivity contribution in [1.82, 2.24) is 10.6 Å². The van der Waals surface area contributed by atoms with Gasteiger partial charge in [0, 0.05) is 37.8 Å². The van der Waals surface area contributed by atoms with Crippen LogP contribution in [0.1, 0.15) is 31.2 Å². The van der Waals surface area contributed by atoms with Crippen LogP contribution in [0.15, 0.2) is 34.5 Å². The Hall–Kier alpha value is -3.21. The Morgan fingerprint density at radius 3 is 2.54 bits per heavy atom. The second kappa shape index (κ2) is 7.35. The van der Waals surface area contributed by atoms with Crippen LogP contribution in [0, 0.1) is 12.3 Å². The number of urea groups is 1. The number of anilines is 1. The molecular weight excluding hydrogens is 334 g/mol. The van der Waals surface area contributed by atoms with Gasteiger partial charge in [-0.1, -0.05) is 12.1 Å². The first kappa shape index (κ1) is 17.6. The Bertz CT molecular complexity index is 788. The fourth-order valence-electron chi connectivity index (χ4n) is 2.77. The van der Waals surface area contributed by atoms with Crippen molar-refractivity contribution < 1.29 is 14.4 Å². The molecule has 0 radical (unpaired) electrons. The molecule has 0 aromatic heterocycles. The topological polar surface area (TPSA) is 112 Å². The minimum atomic E-state index is -0.562. The average Bonchev–Trinajstić information content (AvgIpc) is 3.32. The van der Waals surface area contributed by atoms with E-state index in [1.807, 2.05) is 12.1 Å². The number of rotatable bonds is 8. The van der Waals surface area contributed by atoms with Crippen LogP contribution >= 0.6 is 0 Å². The first-order valence-corrected chi connectivity index (χ1v) is 8.37. The molecule has 1 atom stereocenters. The fourth-order valence-corrected chi connectivity index (χ4v) is 2.77. The molecule has 8 nitrogen and oxygen atoms in total. The van der Waals surface area contributed by atoms with Gasteiger partial charge >= 0.3 is 6.03 Å². The van der Waals surface area contributed by atoms with Crippen LogP contribution in [0.3, 0.4) is 0 Å². The Labute approximate surface area is 150 Å². The third-order valence-corrected chi connectivity index (χ3v) is 4.34. The van der Waals surface area contributed by atoms with Gasteiger partial charge in [-0.05, 0) is 17.7 Å². The van der Waals surface area contributed by atoms with E-state index in [1.165, 1.54) is 0 Å². The van der Waals surface area contributed by atoms with Crippen molar-refractivity contribution in [2.45, 2.75) is 43.8 Å². The molecule has 1 unspecified atom stereocenters. The van der Waals surface area contributed by atoms with Crippen molar-refractivity contribution in [2.24, 2.45) is 10.2 Å². The molecule has 2 heterocycles. The minimum Gasteiger partial charge on any atom is -0.326 e. The third-order valence-electron chi connectivity index (χ3n) is 4.34. The smallest absolute Gasteiger partial charge is 0.322 e. The number of carbonyl (C=O) groups excluding carboxylic acids is 3. The van der Waals surface area contributed by atoms with Gasteiger partial charge in [-0.15, -0.1) is 12.3 Å². The first-order chi connectivity index (χ1) is 12.5. The Kier molecular flexibility index (Phi) is 4.98. The predicted molar refractivity (Wildman–Crippen MR) is 94.1 cm³/mol. The number of nitrogens with one attached hydrogen (secondary N) is 3. The van der Waals surface area contributed by atoms with Crippen LogP contribution in [0.25, 0.3) is 0 Å². The lowest BCUT2D eigenvalue weighted by Crippen LogP contribution is -2.31. The second-order valence-corrected chi connectivity index (χ2v) is 6.35. The van der Waals surface area contributed by atoms with E-state index < -0.39 is 17.7 Å². The Morgan fingerprint density at radius 1 is 1.23 bits per heavy atom. The van der Waals surface area contributed by atoms with E-state index >= 15 is 0 Å². The molecule has 8 heteroatoms. The van der Waals surface area contributed by atoms with Gasteiger partial charge in [-0.25, -0.2) is 4.79 Å². The standard InChI is InChI=1S/C18H19N5O3/c1-2-3-9-18(22-23-18)10-8-15(24)19-13-6-4-12(5-7-13)11-14-16(25)21-17(26)20-14/h1,4-7,14H,3,8-11H2,(H,19,24)(H2,20,21,25,26). The van der Waals surface area contributed by atoms with Gasteiger partial charge in [0.05, 0.1) is 0 Å². The van der Waals surface area contributed by atoms with Crippen LogP contribution in [-0.2, 0) is 16.0 Å². The summed E-state index contributed by atoms with van der Waals surface area (Å²) in [5.74, 6) is 2.11. The molecule has 0 saturated carbocycles. The van der Waals surface area contributed by atoms with Gasteiger partial charge < -0.3 is 10.6 Å². The normalized spacial score (nSPS) is 19.4. The Balaban J connectivity index is 1.45. The van der Waals surface area contributed by atoms with Crippen LogP contribution < -0.4 is 16.0 Å². The molecule has 2 aliphatic rings. The van der Waals surface area contributed by atoms with E-state index in [4.69, 9.17) is 6.42 Å². The maximum Gasteiger partial charge on any atom is 0.322 e. The summed E-state index contributed by atoms with van der Waals surface area (Å²) >= 11 is 0. The van der Waals surface area contributed by atoms with Gasteiger partial charge in [0.15, 0.2) is 5.66 Å². The van der Waals surface area contributed by atoms with E-state index in [0.29, 0.717) is 37.8 Å². The predicted octanol–water partition coefficient (Wildman–Crippen LogP) is 1.73. The first-order valence-electron chi connectivity index (χ1n) is 8.37. The van der Waals surface area contributed by atoms with Gasteiger partial charge in [-0.2, -0.15) is 10.2 Å². The maximum absolute atomic E-state index is 12.1. The molecule has 0 aliphatic carbocycles. The monoisotopic (exact) mass is 353 g/mol. The number of hydrogen-bond acceptors (Lipinski definition) is 5. The molecule has 1 aromatic rings. The average molecular weight is 353 g/mol. The van der Waals surface area contributed by atoms with E-state index in [-0.39, 0.29) is 11.8 Å². The van der Waals surface area contributed by atoms with Crippen LogP contribution in [-0.4, -0.2) is 29.6 Å². The molecular formula is C18H19N5O3. The van der Waals surface area contributed by atoms with Crippen molar-refractivity contribution in [3.05, 3.63) is 29.8 Å². The van der Waals surface area contributed by atoms with E-state index in [0.717, 1.165) is 5.56 Å². The number of imide groups is 1. The van der Waals surface area contributed by atoms with Crippen LogP contribution in [0.2, 0.25) is 0 Å². The van der Waals surface area contributed by atoms with Crippen molar-refractivity contribution in [1.29, 1.82) is 0 Å². The summed E-state index contributed by atoms with van der Waals surface area (Å²) in [4.78, 5) is 34.7. The lowest BCUT2D eigenvalue weighted by atomic mass is 10.0. The van der Waals surface area contributed by atoms with Crippen molar-refractivity contribution in [3.8, 4) is 12.3 Å². The summed E-state index contributed by atoms with van der Waals surface area (Å²) < 4.78 is 0. The summed E-state index contributed by atoms with van der Waals surface area (Å²) in [6, 6.07) is 6.12. The van der Waals surface area contributed by atoms with Crippen LogP contribution in [0.5, 0.6) is 0 Å². The van der Waals surface area contributed by atoms with Crippen molar-refractivity contribution in [3.63, 3.8) is 0 Å².